The van der Waals surface area contributed by atoms with Crippen molar-refractivity contribution < 1.29 is 0 Å². The first-order valence-electron chi connectivity index (χ1n) is 7.53. The molecule has 4 aromatic rings. The fourth-order valence-corrected chi connectivity index (χ4v) is 3.11. The average Bonchev–Trinajstić information content (AvgIpc) is 3.10. The normalized spacial score (nSPS) is 11.2. The second-order valence-corrected chi connectivity index (χ2v) is 5.77. The molecule has 0 radical (unpaired) electrons. The van der Waals surface area contributed by atoms with E-state index in [0.29, 0.717) is 0 Å². The molecule has 2 aromatic heterocycles. The monoisotopic (exact) mass is 286 g/mol. The van der Waals surface area contributed by atoms with Gasteiger partial charge in [0.15, 0.2) is 0 Å². The van der Waals surface area contributed by atoms with Gasteiger partial charge >= 0.3 is 0 Å². The molecule has 2 heteroatoms. The molecular formula is C20H18N2. The van der Waals surface area contributed by atoms with E-state index in [1.807, 2.05) is 0 Å². The number of aryl methyl sites for hydroxylation is 2. The molecule has 4 rings (SSSR count). The molecule has 2 aromatic carbocycles. The minimum Gasteiger partial charge on any atom is -0.349 e. The number of para-hydroxylation sites is 1. The Morgan fingerprint density at radius 2 is 1.59 bits per heavy atom. The Morgan fingerprint density at radius 1 is 0.773 bits per heavy atom. The van der Waals surface area contributed by atoms with Crippen molar-refractivity contribution in [3.63, 3.8) is 0 Å². The molecule has 0 aliphatic heterocycles. The molecule has 0 aliphatic carbocycles. The SMILES string of the molecule is Cc1ccc2c(c1)cc(-c1cccn1C)n2-c1ccccc1. The largest absolute Gasteiger partial charge is 0.349 e. The molecule has 0 saturated heterocycles. The predicted octanol–water partition coefficient (Wildman–Crippen LogP) is 4.94. The van der Waals surface area contributed by atoms with Gasteiger partial charge in [-0.1, -0.05) is 29.8 Å². The topological polar surface area (TPSA) is 9.86 Å². The van der Waals surface area contributed by atoms with Gasteiger partial charge in [-0.25, -0.2) is 0 Å². The van der Waals surface area contributed by atoms with Gasteiger partial charge in [-0.2, -0.15) is 0 Å². The van der Waals surface area contributed by atoms with Crippen molar-refractivity contribution in [3.05, 3.63) is 78.5 Å². The lowest BCUT2D eigenvalue weighted by atomic mass is 10.2. The van der Waals surface area contributed by atoms with E-state index < -0.39 is 0 Å². The molecule has 0 amide bonds. The van der Waals surface area contributed by atoms with Crippen LogP contribution in [0, 0.1) is 6.92 Å². The van der Waals surface area contributed by atoms with Gasteiger partial charge in [-0.05, 0) is 49.4 Å². The Morgan fingerprint density at radius 3 is 2.32 bits per heavy atom. The summed E-state index contributed by atoms with van der Waals surface area (Å²) in [7, 11) is 2.09. The van der Waals surface area contributed by atoms with E-state index in [9.17, 15) is 0 Å². The van der Waals surface area contributed by atoms with Gasteiger partial charge in [0.25, 0.3) is 0 Å². The van der Waals surface area contributed by atoms with E-state index in [4.69, 9.17) is 0 Å². The summed E-state index contributed by atoms with van der Waals surface area (Å²) in [4.78, 5) is 0. The molecule has 0 N–H and O–H groups in total. The molecule has 2 heterocycles. The zero-order valence-corrected chi connectivity index (χ0v) is 12.8. The van der Waals surface area contributed by atoms with Crippen LogP contribution in [0.1, 0.15) is 5.56 Å². The molecule has 0 aliphatic rings. The molecule has 0 spiro atoms. The zero-order valence-electron chi connectivity index (χ0n) is 12.8. The number of rotatable bonds is 2. The summed E-state index contributed by atoms with van der Waals surface area (Å²) in [6, 6.07) is 23.7. The van der Waals surface area contributed by atoms with Crippen molar-refractivity contribution >= 4 is 10.9 Å². The lowest BCUT2D eigenvalue weighted by Crippen LogP contribution is -1.99. The van der Waals surface area contributed by atoms with Crippen LogP contribution in [0.4, 0.5) is 0 Å². The van der Waals surface area contributed by atoms with E-state index in [2.05, 4.69) is 96.0 Å². The number of fused-ring (bicyclic) bond motifs is 1. The van der Waals surface area contributed by atoms with E-state index >= 15 is 0 Å². The molecular weight excluding hydrogens is 268 g/mol. The van der Waals surface area contributed by atoms with Crippen molar-refractivity contribution in [2.75, 3.05) is 0 Å². The lowest BCUT2D eigenvalue weighted by molar-refractivity contribution is 0.924. The van der Waals surface area contributed by atoms with Crippen LogP contribution in [0.2, 0.25) is 0 Å². The summed E-state index contributed by atoms with van der Waals surface area (Å²) >= 11 is 0. The van der Waals surface area contributed by atoms with Crippen LogP contribution in [0.15, 0.2) is 72.9 Å². The van der Waals surface area contributed by atoms with Crippen LogP contribution in [-0.4, -0.2) is 9.13 Å². The Bertz CT molecular complexity index is 942. The highest BCUT2D eigenvalue weighted by Crippen LogP contribution is 2.32. The van der Waals surface area contributed by atoms with Crippen LogP contribution in [0.3, 0.4) is 0 Å². The maximum atomic E-state index is 2.34. The average molecular weight is 286 g/mol. The Kier molecular flexibility index (Phi) is 2.90. The summed E-state index contributed by atoms with van der Waals surface area (Å²) in [5, 5.41) is 1.28. The minimum atomic E-state index is 1.19. The fraction of sp³-hybridized carbons (Fsp3) is 0.100. The molecule has 2 nitrogen and oxygen atoms in total. The van der Waals surface area contributed by atoms with E-state index in [0.717, 1.165) is 0 Å². The Labute approximate surface area is 130 Å². The maximum Gasteiger partial charge on any atom is 0.0705 e. The van der Waals surface area contributed by atoms with Crippen molar-refractivity contribution in [2.24, 2.45) is 7.05 Å². The van der Waals surface area contributed by atoms with Gasteiger partial charge in [-0.15, -0.1) is 0 Å². The first-order chi connectivity index (χ1) is 10.7. The van der Waals surface area contributed by atoms with Gasteiger partial charge in [-0.3, -0.25) is 0 Å². The van der Waals surface area contributed by atoms with Crippen LogP contribution >= 0.6 is 0 Å². The molecule has 108 valence electrons. The Balaban J connectivity index is 2.09. The second-order valence-electron chi connectivity index (χ2n) is 5.77. The first kappa shape index (κ1) is 13.0. The van der Waals surface area contributed by atoms with Gasteiger partial charge in [0.05, 0.1) is 16.9 Å². The summed E-state index contributed by atoms with van der Waals surface area (Å²) in [5.74, 6) is 0. The highest BCUT2D eigenvalue weighted by molar-refractivity contribution is 5.89. The van der Waals surface area contributed by atoms with Crippen LogP contribution in [-0.2, 0) is 7.05 Å². The molecule has 0 unspecified atom stereocenters. The van der Waals surface area contributed by atoms with Crippen LogP contribution in [0.25, 0.3) is 28.0 Å². The quantitative estimate of drug-likeness (QED) is 0.494. The lowest BCUT2D eigenvalue weighted by Gasteiger charge is -2.12. The summed E-state index contributed by atoms with van der Waals surface area (Å²) in [6.07, 6.45) is 2.09. The zero-order chi connectivity index (χ0) is 15.1. The first-order valence-corrected chi connectivity index (χ1v) is 7.53. The third kappa shape index (κ3) is 1.96. The smallest absolute Gasteiger partial charge is 0.0705 e. The summed E-state index contributed by atoms with van der Waals surface area (Å²) in [5.41, 5.74) is 6.17. The van der Waals surface area contributed by atoms with Crippen molar-refractivity contribution in [1.82, 2.24) is 9.13 Å². The van der Waals surface area contributed by atoms with E-state index in [1.54, 1.807) is 0 Å². The van der Waals surface area contributed by atoms with Gasteiger partial charge in [0.1, 0.15) is 0 Å². The van der Waals surface area contributed by atoms with E-state index in [1.165, 1.54) is 33.5 Å². The van der Waals surface area contributed by atoms with Crippen molar-refractivity contribution in [1.29, 1.82) is 0 Å². The predicted molar refractivity (Wildman–Crippen MR) is 92.4 cm³/mol. The van der Waals surface area contributed by atoms with Crippen molar-refractivity contribution in [2.45, 2.75) is 6.92 Å². The third-order valence-corrected chi connectivity index (χ3v) is 4.18. The number of benzene rings is 2. The molecule has 0 atom stereocenters. The second kappa shape index (κ2) is 4.92. The third-order valence-electron chi connectivity index (χ3n) is 4.18. The number of hydrogen-bond donors (Lipinski definition) is 0. The standard InChI is InChI=1S/C20H18N2/c1-15-10-11-18-16(13-15)14-20(19-9-6-12-21(19)2)22(18)17-7-4-3-5-8-17/h3-14H,1-2H3. The Hall–Kier alpha value is -2.74. The summed E-state index contributed by atoms with van der Waals surface area (Å²) < 4.78 is 4.50. The molecule has 0 saturated carbocycles. The number of nitrogens with zero attached hydrogens (tertiary/aromatic N) is 2. The molecule has 0 bridgehead atoms. The summed E-state index contributed by atoms with van der Waals surface area (Å²) in [6.45, 7) is 2.14. The van der Waals surface area contributed by atoms with Gasteiger partial charge < -0.3 is 9.13 Å². The fourth-order valence-electron chi connectivity index (χ4n) is 3.11. The number of aromatic nitrogens is 2. The van der Waals surface area contributed by atoms with Gasteiger partial charge in [0, 0.05) is 24.3 Å². The van der Waals surface area contributed by atoms with Gasteiger partial charge in [0.2, 0.25) is 0 Å². The van der Waals surface area contributed by atoms with Crippen LogP contribution in [0.5, 0.6) is 0 Å². The van der Waals surface area contributed by atoms with Crippen molar-refractivity contribution in [3.8, 4) is 17.1 Å². The van der Waals surface area contributed by atoms with Crippen LogP contribution < -0.4 is 0 Å². The molecule has 0 fully saturated rings. The minimum absolute atomic E-state index is 1.19. The number of hydrogen-bond acceptors (Lipinski definition) is 0. The van der Waals surface area contributed by atoms with E-state index in [-0.39, 0.29) is 0 Å². The maximum absolute atomic E-state index is 2.34. The highest BCUT2D eigenvalue weighted by atomic mass is 15.0. The molecule has 22 heavy (non-hydrogen) atoms. The highest BCUT2D eigenvalue weighted by Gasteiger charge is 2.14.